The molecule has 0 saturated heterocycles. The van der Waals surface area contributed by atoms with Crippen molar-refractivity contribution in [3.63, 3.8) is 0 Å². The number of fused-ring (bicyclic) bond motifs is 1. The molecule has 3 rings (SSSR count). The Bertz CT molecular complexity index is 651. The molecular formula is C17H20ClNO2. The van der Waals surface area contributed by atoms with Gasteiger partial charge in [0.1, 0.15) is 11.8 Å². The molecule has 1 saturated carbocycles. The fourth-order valence-corrected chi connectivity index (χ4v) is 3.70. The minimum Gasteiger partial charge on any atom is -0.463 e. The van der Waals surface area contributed by atoms with Crippen molar-refractivity contribution in [1.29, 1.82) is 0 Å². The highest BCUT2D eigenvalue weighted by Gasteiger charge is 2.36. The van der Waals surface area contributed by atoms with Gasteiger partial charge in [-0.05, 0) is 24.8 Å². The number of rotatable bonds is 3. The van der Waals surface area contributed by atoms with Gasteiger partial charge in [-0.25, -0.2) is 0 Å². The second-order valence-electron chi connectivity index (χ2n) is 6.22. The van der Waals surface area contributed by atoms with Crippen LogP contribution in [0, 0.1) is 5.92 Å². The van der Waals surface area contributed by atoms with Gasteiger partial charge in [0.25, 0.3) is 5.91 Å². The van der Waals surface area contributed by atoms with E-state index < -0.39 is 0 Å². The maximum absolute atomic E-state index is 12.6. The molecule has 1 aliphatic rings. The maximum atomic E-state index is 12.6. The fraction of sp³-hybridized carbons (Fsp3) is 0.471. The Kier molecular flexibility index (Phi) is 3.94. The smallest absolute Gasteiger partial charge is 0.255 e. The van der Waals surface area contributed by atoms with E-state index in [9.17, 15) is 4.79 Å². The first kappa shape index (κ1) is 14.5. The zero-order valence-corrected chi connectivity index (χ0v) is 13.0. The number of carbonyl (C=O) groups is 1. The van der Waals surface area contributed by atoms with Gasteiger partial charge in [0.2, 0.25) is 0 Å². The number of hydrogen-bond donors (Lipinski definition) is 1. The van der Waals surface area contributed by atoms with Crippen molar-refractivity contribution in [2.75, 3.05) is 5.88 Å². The number of amides is 1. The summed E-state index contributed by atoms with van der Waals surface area (Å²) in [6.07, 6.45) is 5.75. The largest absolute Gasteiger partial charge is 0.463 e. The minimum absolute atomic E-state index is 0.0882. The normalized spacial score (nSPS) is 25.9. The molecule has 4 heteroatoms. The van der Waals surface area contributed by atoms with E-state index in [-0.39, 0.29) is 11.4 Å². The summed E-state index contributed by atoms with van der Waals surface area (Å²) in [4.78, 5) is 12.6. The van der Waals surface area contributed by atoms with E-state index in [1.54, 1.807) is 0 Å². The molecule has 0 spiro atoms. The number of halogens is 1. The number of nitrogens with one attached hydrogen (secondary N) is 1. The van der Waals surface area contributed by atoms with Crippen molar-refractivity contribution >= 4 is 28.5 Å². The van der Waals surface area contributed by atoms with Crippen LogP contribution in [0.2, 0.25) is 0 Å². The van der Waals surface area contributed by atoms with Crippen LogP contribution in [0.1, 0.15) is 43.0 Å². The number of alkyl halides is 1. The first-order valence-electron chi connectivity index (χ1n) is 7.48. The molecule has 1 aliphatic carbocycles. The van der Waals surface area contributed by atoms with E-state index >= 15 is 0 Å². The third-order valence-electron chi connectivity index (χ3n) is 4.45. The van der Waals surface area contributed by atoms with Gasteiger partial charge in [0.05, 0.1) is 11.1 Å². The van der Waals surface area contributed by atoms with E-state index in [2.05, 4.69) is 12.2 Å². The van der Waals surface area contributed by atoms with Crippen LogP contribution in [0.3, 0.4) is 0 Å². The fourth-order valence-electron chi connectivity index (χ4n) is 3.39. The Morgan fingerprint density at radius 2 is 2.29 bits per heavy atom. The highest BCUT2D eigenvalue weighted by molar-refractivity contribution is 6.19. The summed E-state index contributed by atoms with van der Waals surface area (Å²) in [5, 5.41) is 4.03. The van der Waals surface area contributed by atoms with Crippen LogP contribution in [-0.2, 0) is 0 Å². The van der Waals surface area contributed by atoms with Gasteiger partial charge in [-0.15, -0.1) is 11.6 Å². The van der Waals surface area contributed by atoms with Gasteiger partial charge >= 0.3 is 0 Å². The molecule has 1 aromatic carbocycles. The van der Waals surface area contributed by atoms with E-state index in [0.717, 1.165) is 30.2 Å². The Labute approximate surface area is 129 Å². The predicted molar refractivity (Wildman–Crippen MR) is 84.8 cm³/mol. The third kappa shape index (κ3) is 2.80. The lowest BCUT2D eigenvalue weighted by atomic mass is 9.77. The molecular weight excluding hydrogens is 286 g/mol. The third-order valence-corrected chi connectivity index (χ3v) is 4.96. The lowest BCUT2D eigenvalue weighted by Gasteiger charge is -2.39. The molecule has 2 unspecified atom stereocenters. The molecule has 0 radical (unpaired) electrons. The molecule has 2 atom stereocenters. The summed E-state index contributed by atoms with van der Waals surface area (Å²) in [6.45, 7) is 2.22. The van der Waals surface area contributed by atoms with Gasteiger partial charge in [0.15, 0.2) is 0 Å². The molecule has 3 nitrogen and oxygen atoms in total. The Morgan fingerprint density at radius 1 is 1.48 bits per heavy atom. The molecule has 1 heterocycles. The van der Waals surface area contributed by atoms with Gasteiger partial charge in [-0.1, -0.05) is 38.0 Å². The Balaban J connectivity index is 1.85. The maximum Gasteiger partial charge on any atom is 0.255 e. The van der Waals surface area contributed by atoms with Crippen LogP contribution < -0.4 is 5.32 Å². The summed E-state index contributed by atoms with van der Waals surface area (Å²) >= 11 is 6.19. The quantitative estimate of drug-likeness (QED) is 0.857. The molecule has 0 aliphatic heterocycles. The predicted octanol–water partition coefficient (Wildman–Crippen LogP) is 4.35. The monoisotopic (exact) mass is 305 g/mol. The van der Waals surface area contributed by atoms with Crippen LogP contribution >= 0.6 is 11.6 Å². The number of furan rings is 1. The van der Waals surface area contributed by atoms with Crippen molar-refractivity contribution in [2.24, 2.45) is 5.92 Å². The Hall–Kier alpha value is -1.48. The molecule has 112 valence electrons. The van der Waals surface area contributed by atoms with Crippen LogP contribution in [0.25, 0.3) is 11.0 Å². The molecule has 1 fully saturated rings. The summed E-state index contributed by atoms with van der Waals surface area (Å²) in [5.41, 5.74) is 1.04. The molecule has 1 N–H and O–H groups in total. The number of hydrogen-bond acceptors (Lipinski definition) is 2. The highest BCUT2D eigenvalue weighted by Crippen LogP contribution is 2.34. The van der Waals surface area contributed by atoms with Crippen molar-refractivity contribution < 1.29 is 9.21 Å². The second kappa shape index (κ2) is 5.72. The lowest BCUT2D eigenvalue weighted by Crippen LogP contribution is -2.52. The summed E-state index contributed by atoms with van der Waals surface area (Å²) < 4.78 is 5.45. The van der Waals surface area contributed by atoms with Gasteiger partial charge in [-0.3, -0.25) is 4.79 Å². The average Bonchev–Trinajstić information content (AvgIpc) is 2.91. The lowest BCUT2D eigenvalue weighted by molar-refractivity contribution is 0.0868. The van der Waals surface area contributed by atoms with Gasteiger partial charge in [-0.2, -0.15) is 0 Å². The zero-order valence-electron chi connectivity index (χ0n) is 12.2. The minimum atomic E-state index is -0.283. The molecule has 2 aromatic rings. The second-order valence-corrected chi connectivity index (χ2v) is 6.48. The highest BCUT2D eigenvalue weighted by atomic mass is 35.5. The van der Waals surface area contributed by atoms with Crippen molar-refractivity contribution in [2.45, 2.75) is 38.1 Å². The number of benzene rings is 1. The molecule has 1 amide bonds. The SMILES string of the molecule is CC1CCCC(CCl)(NC(=O)c2coc3ccccc23)C1. The summed E-state index contributed by atoms with van der Waals surface area (Å²) in [6, 6.07) is 7.59. The van der Waals surface area contributed by atoms with E-state index in [1.165, 1.54) is 12.7 Å². The first-order valence-corrected chi connectivity index (χ1v) is 8.02. The number of para-hydroxylation sites is 1. The standard InChI is InChI=1S/C17H20ClNO2/c1-12-5-4-8-17(9-12,11-18)19-16(20)14-10-21-15-7-3-2-6-13(14)15/h2-3,6-7,10,12H,4-5,8-9,11H2,1H3,(H,19,20). The van der Waals surface area contributed by atoms with Crippen LogP contribution in [-0.4, -0.2) is 17.3 Å². The number of carbonyl (C=O) groups excluding carboxylic acids is 1. The molecule has 21 heavy (non-hydrogen) atoms. The molecule has 0 bridgehead atoms. The summed E-state index contributed by atoms with van der Waals surface area (Å²) in [7, 11) is 0. The van der Waals surface area contributed by atoms with Crippen molar-refractivity contribution in [3.8, 4) is 0 Å². The topological polar surface area (TPSA) is 42.2 Å². The molecule has 1 aromatic heterocycles. The Morgan fingerprint density at radius 3 is 3.05 bits per heavy atom. The van der Waals surface area contributed by atoms with Crippen LogP contribution in [0.15, 0.2) is 34.9 Å². The van der Waals surface area contributed by atoms with E-state index in [1.807, 2.05) is 24.3 Å². The van der Waals surface area contributed by atoms with E-state index in [0.29, 0.717) is 17.4 Å². The summed E-state index contributed by atoms with van der Waals surface area (Å²) in [5.74, 6) is 0.965. The van der Waals surface area contributed by atoms with Crippen LogP contribution in [0.4, 0.5) is 0 Å². The first-order chi connectivity index (χ1) is 10.1. The van der Waals surface area contributed by atoms with Crippen molar-refractivity contribution in [1.82, 2.24) is 5.32 Å². The van der Waals surface area contributed by atoms with E-state index in [4.69, 9.17) is 16.0 Å². The zero-order chi connectivity index (χ0) is 14.9. The van der Waals surface area contributed by atoms with Gasteiger partial charge in [0, 0.05) is 11.3 Å². The van der Waals surface area contributed by atoms with Gasteiger partial charge < -0.3 is 9.73 Å². The average molecular weight is 306 g/mol. The van der Waals surface area contributed by atoms with Crippen molar-refractivity contribution in [3.05, 3.63) is 36.1 Å². The van der Waals surface area contributed by atoms with Crippen LogP contribution in [0.5, 0.6) is 0 Å².